The highest BCUT2D eigenvalue weighted by atomic mass is 32.2. The van der Waals surface area contributed by atoms with Crippen LogP contribution in [0.1, 0.15) is 19.3 Å². The number of nitrogens with zero attached hydrogens (tertiary/aromatic N) is 2. The minimum Gasteiger partial charge on any atom is -0.465 e. The predicted molar refractivity (Wildman–Crippen MR) is 76.6 cm³/mol. The molecule has 2 aliphatic rings. The van der Waals surface area contributed by atoms with Crippen LogP contribution in [0.4, 0.5) is 0 Å². The van der Waals surface area contributed by atoms with Gasteiger partial charge in [-0.05, 0) is 24.7 Å². The summed E-state index contributed by atoms with van der Waals surface area (Å²) in [5.41, 5.74) is 0.649. The van der Waals surface area contributed by atoms with E-state index in [4.69, 9.17) is 0 Å². The highest BCUT2D eigenvalue weighted by molar-refractivity contribution is 8.02. The molecule has 0 radical (unpaired) electrons. The number of hydrogen-bond acceptors (Lipinski definition) is 6. The summed E-state index contributed by atoms with van der Waals surface area (Å²) in [5, 5.41) is 18.5. The Balaban J connectivity index is 2.72. The number of ketones is 1. The molecule has 6 heteroatoms. The topological polar surface area (TPSA) is 90.9 Å². The van der Waals surface area contributed by atoms with Gasteiger partial charge in [-0.2, -0.15) is 10.5 Å². The maximum atomic E-state index is 12.5. The summed E-state index contributed by atoms with van der Waals surface area (Å²) in [6.07, 6.45) is 3.95. The number of methoxy groups -OCH3 is 1. The maximum absolute atomic E-state index is 12.5. The van der Waals surface area contributed by atoms with Crippen LogP contribution in [0.3, 0.4) is 0 Å². The van der Waals surface area contributed by atoms with Gasteiger partial charge < -0.3 is 4.74 Å². The Kier molecular flexibility index (Phi) is 4.50. The maximum Gasteiger partial charge on any atom is 0.348 e. The molecule has 0 unspecified atom stereocenters. The second-order valence-electron chi connectivity index (χ2n) is 4.89. The number of hydrogen-bond donors (Lipinski definition) is 0. The van der Waals surface area contributed by atoms with Crippen molar-refractivity contribution in [3.05, 3.63) is 21.6 Å². The Hall–Kier alpha value is -2.05. The van der Waals surface area contributed by atoms with Crippen molar-refractivity contribution in [2.75, 3.05) is 13.4 Å². The van der Waals surface area contributed by atoms with Gasteiger partial charge in [-0.15, -0.1) is 11.8 Å². The zero-order chi connectivity index (χ0) is 15.6. The molecule has 0 aromatic carbocycles. The van der Waals surface area contributed by atoms with E-state index >= 15 is 0 Å². The van der Waals surface area contributed by atoms with Crippen molar-refractivity contribution >= 4 is 23.5 Å². The molecule has 0 aromatic heterocycles. The first-order valence-corrected chi connectivity index (χ1v) is 7.78. The number of ether oxygens (including phenoxy) is 1. The Morgan fingerprint density at radius 2 is 2.00 bits per heavy atom. The number of rotatable bonds is 2. The normalized spacial score (nSPS) is 26.8. The van der Waals surface area contributed by atoms with Gasteiger partial charge in [0.15, 0.2) is 5.78 Å². The molecule has 0 N–H and O–H groups in total. The van der Waals surface area contributed by atoms with Crippen LogP contribution < -0.4 is 0 Å². The van der Waals surface area contributed by atoms with Crippen LogP contribution in [0.15, 0.2) is 21.6 Å². The van der Waals surface area contributed by atoms with Gasteiger partial charge in [0.1, 0.15) is 23.3 Å². The Morgan fingerprint density at radius 1 is 1.33 bits per heavy atom. The van der Waals surface area contributed by atoms with E-state index < -0.39 is 11.9 Å². The number of thioether (sulfide) groups is 1. The molecule has 0 aliphatic heterocycles. The van der Waals surface area contributed by atoms with Gasteiger partial charge in [-0.3, -0.25) is 4.79 Å². The molecule has 0 aromatic rings. The molecule has 0 spiro atoms. The molecule has 108 valence electrons. The van der Waals surface area contributed by atoms with Gasteiger partial charge >= 0.3 is 5.97 Å². The fraction of sp³-hybridized carbons (Fsp3) is 0.467. The van der Waals surface area contributed by atoms with Crippen molar-refractivity contribution in [2.45, 2.75) is 19.3 Å². The van der Waals surface area contributed by atoms with E-state index in [9.17, 15) is 20.1 Å². The van der Waals surface area contributed by atoms with Gasteiger partial charge in [0.25, 0.3) is 0 Å². The van der Waals surface area contributed by atoms with Crippen LogP contribution in [-0.4, -0.2) is 25.1 Å². The van der Waals surface area contributed by atoms with E-state index in [2.05, 4.69) is 4.74 Å². The Labute approximate surface area is 127 Å². The molecule has 2 atom stereocenters. The van der Waals surface area contributed by atoms with Crippen LogP contribution in [-0.2, 0) is 14.3 Å². The molecule has 1 fully saturated rings. The minimum atomic E-state index is -0.710. The third-order valence-corrected chi connectivity index (χ3v) is 4.91. The van der Waals surface area contributed by atoms with Crippen molar-refractivity contribution in [3.63, 3.8) is 0 Å². The molecule has 0 amide bonds. The smallest absolute Gasteiger partial charge is 0.348 e. The molecule has 1 saturated carbocycles. The van der Waals surface area contributed by atoms with Crippen LogP contribution in [0.5, 0.6) is 0 Å². The van der Waals surface area contributed by atoms with E-state index in [0.717, 1.165) is 12.8 Å². The molecular weight excluding hydrogens is 288 g/mol. The predicted octanol–water partition coefficient (Wildman–Crippen LogP) is 2.12. The van der Waals surface area contributed by atoms with E-state index in [1.54, 1.807) is 6.26 Å². The number of carbonyl (C=O) groups is 2. The SMILES string of the molecule is COC(=O)/C(C#N)=C1\[C@H]2CCC[C@H]1C(SC)=C(C#N)C2=O. The highest BCUT2D eigenvalue weighted by Crippen LogP contribution is 2.49. The third-order valence-electron chi connectivity index (χ3n) is 3.98. The second kappa shape index (κ2) is 6.15. The van der Waals surface area contributed by atoms with Crippen molar-refractivity contribution in [3.8, 4) is 12.1 Å². The lowest BCUT2D eigenvalue weighted by Crippen LogP contribution is -2.35. The lowest BCUT2D eigenvalue weighted by molar-refractivity contribution is -0.135. The number of Topliss-reactive ketones (excluding diaryl/α,β-unsaturated/α-hetero) is 1. The molecular formula is C15H14N2O3S. The first kappa shape index (κ1) is 15.3. The first-order valence-electron chi connectivity index (χ1n) is 6.55. The molecule has 2 aliphatic carbocycles. The van der Waals surface area contributed by atoms with E-state index in [-0.39, 0.29) is 22.8 Å². The number of carbonyl (C=O) groups excluding carboxylic acids is 2. The summed E-state index contributed by atoms with van der Waals surface area (Å²) in [7, 11) is 1.21. The van der Waals surface area contributed by atoms with Gasteiger partial charge in [0.2, 0.25) is 0 Å². The largest absolute Gasteiger partial charge is 0.465 e. The lowest BCUT2D eigenvalue weighted by atomic mass is 9.67. The van der Waals surface area contributed by atoms with Gasteiger partial charge in [-0.25, -0.2) is 4.79 Å². The van der Waals surface area contributed by atoms with Crippen LogP contribution >= 0.6 is 11.8 Å². The third kappa shape index (κ3) is 2.36. The van der Waals surface area contributed by atoms with Gasteiger partial charge in [-0.1, -0.05) is 6.42 Å². The zero-order valence-corrected chi connectivity index (χ0v) is 12.6. The standard InChI is InChI=1S/C15H14N2O3S/c1-20-15(19)10(6-16)12-8-4-3-5-9(12)14(21-2)11(7-17)13(8)18/h8-9H,3-5H2,1-2H3/b12-10+/t8-,9-/m1/s1. The van der Waals surface area contributed by atoms with Gasteiger partial charge in [0, 0.05) is 16.7 Å². The lowest BCUT2D eigenvalue weighted by Gasteiger charge is -2.37. The fourth-order valence-corrected chi connectivity index (χ4v) is 4.01. The second-order valence-corrected chi connectivity index (χ2v) is 5.74. The van der Waals surface area contributed by atoms with Crippen molar-refractivity contribution in [2.24, 2.45) is 11.8 Å². The number of allylic oxidation sites excluding steroid dienone is 3. The zero-order valence-electron chi connectivity index (χ0n) is 11.8. The number of fused-ring (bicyclic) bond motifs is 2. The van der Waals surface area contributed by atoms with Crippen molar-refractivity contribution < 1.29 is 14.3 Å². The molecule has 21 heavy (non-hydrogen) atoms. The van der Waals surface area contributed by atoms with E-state index in [0.29, 0.717) is 16.9 Å². The van der Waals surface area contributed by atoms with Crippen LogP contribution in [0.2, 0.25) is 0 Å². The average molecular weight is 302 g/mol. The van der Waals surface area contributed by atoms with Crippen LogP contribution in [0.25, 0.3) is 0 Å². The molecule has 2 rings (SSSR count). The van der Waals surface area contributed by atoms with Crippen LogP contribution in [0, 0.1) is 34.5 Å². The van der Waals surface area contributed by atoms with E-state index in [1.807, 2.05) is 12.1 Å². The molecule has 0 heterocycles. The van der Waals surface area contributed by atoms with Crippen molar-refractivity contribution in [1.82, 2.24) is 0 Å². The molecule has 5 nitrogen and oxygen atoms in total. The molecule has 0 saturated heterocycles. The summed E-state index contributed by atoms with van der Waals surface area (Å²) in [5.74, 6) is -1.72. The first-order chi connectivity index (χ1) is 10.1. The highest BCUT2D eigenvalue weighted by Gasteiger charge is 2.44. The molecule has 2 bridgehead atoms. The summed E-state index contributed by atoms with van der Waals surface area (Å²) in [6.45, 7) is 0. The quantitative estimate of drug-likeness (QED) is 0.441. The number of nitriles is 2. The summed E-state index contributed by atoms with van der Waals surface area (Å²) in [6, 6.07) is 3.88. The summed E-state index contributed by atoms with van der Waals surface area (Å²) >= 11 is 1.34. The Bertz CT molecular complexity index is 649. The average Bonchev–Trinajstić information content (AvgIpc) is 2.51. The fourth-order valence-electron chi connectivity index (χ4n) is 3.13. The van der Waals surface area contributed by atoms with E-state index in [1.165, 1.54) is 18.9 Å². The Morgan fingerprint density at radius 3 is 2.52 bits per heavy atom. The van der Waals surface area contributed by atoms with Gasteiger partial charge in [0.05, 0.1) is 7.11 Å². The summed E-state index contributed by atoms with van der Waals surface area (Å²) < 4.78 is 4.66. The monoisotopic (exact) mass is 302 g/mol. The summed E-state index contributed by atoms with van der Waals surface area (Å²) in [4.78, 5) is 25.0. The minimum absolute atomic E-state index is 0.0795. The van der Waals surface area contributed by atoms with Crippen molar-refractivity contribution in [1.29, 1.82) is 10.5 Å². The number of esters is 1.